The standard InChI is InChI=1S/C17H24N2O5S/c1-11(2)7-8-25-15-6-5-13(9-14(15)19(22)23)17(21)24-10-16(20)18-12(3)4/h5-6,9,11-12H,7-8,10H2,1-4H3,(H,18,20). The fourth-order valence-corrected chi connectivity index (χ4v) is 3.15. The Hall–Kier alpha value is -2.09. The van der Waals surface area contributed by atoms with E-state index < -0.39 is 23.4 Å². The summed E-state index contributed by atoms with van der Waals surface area (Å²) in [5, 5.41) is 13.8. The van der Waals surface area contributed by atoms with Gasteiger partial charge in [-0.25, -0.2) is 4.79 Å². The summed E-state index contributed by atoms with van der Waals surface area (Å²) in [5.74, 6) is 0.0924. The topological polar surface area (TPSA) is 98.5 Å². The highest BCUT2D eigenvalue weighted by atomic mass is 32.2. The molecule has 0 aliphatic carbocycles. The van der Waals surface area contributed by atoms with Gasteiger partial charge in [-0.1, -0.05) is 13.8 Å². The van der Waals surface area contributed by atoms with E-state index in [-0.39, 0.29) is 17.3 Å². The monoisotopic (exact) mass is 368 g/mol. The Morgan fingerprint density at radius 3 is 2.52 bits per heavy atom. The summed E-state index contributed by atoms with van der Waals surface area (Å²) in [7, 11) is 0. The van der Waals surface area contributed by atoms with E-state index in [1.54, 1.807) is 19.9 Å². The minimum absolute atomic E-state index is 0.0530. The second-order valence-electron chi connectivity index (χ2n) is 6.27. The van der Waals surface area contributed by atoms with Crippen molar-refractivity contribution in [3.05, 3.63) is 33.9 Å². The van der Waals surface area contributed by atoms with Crippen molar-refractivity contribution in [1.82, 2.24) is 5.32 Å². The number of nitro groups is 1. The van der Waals surface area contributed by atoms with Crippen LogP contribution in [0, 0.1) is 16.0 Å². The zero-order valence-corrected chi connectivity index (χ0v) is 15.7. The number of hydrogen-bond acceptors (Lipinski definition) is 6. The van der Waals surface area contributed by atoms with Crippen LogP contribution in [0.25, 0.3) is 0 Å². The quantitative estimate of drug-likeness (QED) is 0.310. The van der Waals surface area contributed by atoms with Crippen molar-refractivity contribution in [3.8, 4) is 0 Å². The van der Waals surface area contributed by atoms with Gasteiger partial charge in [0.15, 0.2) is 6.61 Å². The number of hydrogen-bond donors (Lipinski definition) is 1. The number of carbonyl (C=O) groups is 2. The lowest BCUT2D eigenvalue weighted by Gasteiger charge is -2.09. The van der Waals surface area contributed by atoms with Gasteiger partial charge in [-0.2, -0.15) is 0 Å². The fraction of sp³-hybridized carbons (Fsp3) is 0.529. The summed E-state index contributed by atoms with van der Waals surface area (Å²) in [6, 6.07) is 4.16. The Morgan fingerprint density at radius 2 is 1.96 bits per heavy atom. The Balaban J connectivity index is 2.77. The molecule has 1 aromatic rings. The summed E-state index contributed by atoms with van der Waals surface area (Å²) in [6.07, 6.45) is 0.941. The highest BCUT2D eigenvalue weighted by molar-refractivity contribution is 7.99. The lowest BCUT2D eigenvalue weighted by molar-refractivity contribution is -0.387. The molecule has 8 heteroatoms. The third-order valence-corrected chi connectivity index (χ3v) is 4.22. The van der Waals surface area contributed by atoms with Crippen LogP contribution in [0.5, 0.6) is 0 Å². The van der Waals surface area contributed by atoms with Gasteiger partial charge in [0, 0.05) is 12.1 Å². The first-order valence-electron chi connectivity index (χ1n) is 8.08. The molecule has 1 N–H and O–H groups in total. The van der Waals surface area contributed by atoms with Crippen LogP contribution >= 0.6 is 11.8 Å². The van der Waals surface area contributed by atoms with Crippen LogP contribution in [0.4, 0.5) is 5.69 Å². The number of benzene rings is 1. The van der Waals surface area contributed by atoms with E-state index in [4.69, 9.17) is 4.74 Å². The maximum atomic E-state index is 12.0. The predicted molar refractivity (Wildman–Crippen MR) is 96.8 cm³/mol. The molecule has 1 aromatic carbocycles. The summed E-state index contributed by atoms with van der Waals surface area (Å²) in [4.78, 5) is 34.7. The summed E-state index contributed by atoms with van der Waals surface area (Å²) >= 11 is 1.39. The number of carbonyl (C=O) groups excluding carboxylic acids is 2. The molecule has 0 radical (unpaired) electrons. The van der Waals surface area contributed by atoms with Crippen LogP contribution in [-0.4, -0.2) is 35.2 Å². The Kier molecular flexibility index (Phi) is 8.40. The van der Waals surface area contributed by atoms with Crippen LogP contribution in [0.1, 0.15) is 44.5 Å². The lowest BCUT2D eigenvalue weighted by atomic mass is 10.2. The van der Waals surface area contributed by atoms with Crippen LogP contribution in [0.2, 0.25) is 0 Å². The van der Waals surface area contributed by atoms with Crippen LogP contribution in [0.3, 0.4) is 0 Å². The van der Waals surface area contributed by atoms with Crippen LogP contribution in [-0.2, 0) is 9.53 Å². The van der Waals surface area contributed by atoms with Gasteiger partial charge in [-0.05, 0) is 44.1 Å². The molecule has 0 unspecified atom stereocenters. The molecule has 0 spiro atoms. The third kappa shape index (κ3) is 7.55. The minimum atomic E-state index is -0.763. The van der Waals surface area contributed by atoms with Crippen molar-refractivity contribution in [3.63, 3.8) is 0 Å². The van der Waals surface area contributed by atoms with Gasteiger partial charge in [0.25, 0.3) is 11.6 Å². The number of ether oxygens (including phenoxy) is 1. The van der Waals surface area contributed by atoms with Crippen molar-refractivity contribution in [2.24, 2.45) is 5.92 Å². The van der Waals surface area contributed by atoms with Crippen molar-refractivity contribution in [2.75, 3.05) is 12.4 Å². The van der Waals surface area contributed by atoms with Gasteiger partial charge >= 0.3 is 5.97 Å². The molecule has 0 aromatic heterocycles. The SMILES string of the molecule is CC(C)CCSc1ccc(C(=O)OCC(=O)NC(C)C)cc1[N+](=O)[O-]. The van der Waals surface area contributed by atoms with E-state index in [1.165, 1.54) is 23.9 Å². The van der Waals surface area contributed by atoms with E-state index in [9.17, 15) is 19.7 Å². The van der Waals surface area contributed by atoms with Crippen molar-refractivity contribution < 1.29 is 19.2 Å². The molecule has 25 heavy (non-hydrogen) atoms. The number of nitro benzene ring substituents is 1. The molecule has 0 bridgehead atoms. The molecule has 0 saturated carbocycles. The van der Waals surface area contributed by atoms with Gasteiger partial charge in [0.1, 0.15) is 0 Å². The van der Waals surface area contributed by atoms with E-state index in [0.29, 0.717) is 10.8 Å². The smallest absolute Gasteiger partial charge is 0.338 e. The maximum absolute atomic E-state index is 12.0. The van der Waals surface area contributed by atoms with Crippen molar-refractivity contribution in [2.45, 2.75) is 45.1 Å². The molecule has 0 aliphatic rings. The molecule has 138 valence electrons. The van der Waals surface area contributed by atoms with Gasteiger partial charge < -0.3 is 10.1 Å². The highest BCUT2D eigenvalue weighted by Gasteiger charge is 2.19. The van der Waals surface area contributed by atoms with Crippen molar-refractivity contribution >= 4 is 29.3 Å². The average molecular weight is 368 g/mol. The molecule has 1 rings (SSSR count). The van der Waals surface area contributed by atoms with Crippen LogP contribution < -0.4 is 5.32 Å². The lowest BCUT2D eigenvalue weighted by Crippen LogP contribution is -2.33. The Labute approximate surface area is 151 Å². The largest absolute Gasteiger partial charge is 0.452 e. The highest BCUT2D eigenvalue weighted by Crippen LogP contribution is 2.31. The molecular formula is C17H24N2O5S. The predicted octanol–water partition coefficient (Wildman–Crippen LogP) is 3.41. The summed E-state index contributed by atoms with van der Waals surface area (Å²) < 4.78 is 4.90. The zero-order chi connectivity index (χ0) is 19.0. The number of amides is 1. The van der Waals surface area contributed by atoms with Gasteiger partial charge in [0.05, 0.1) is 15.4 Å². The van der Waals surface area contributed by atoms with Crippen molar-refractivity contribution in [1.29, 1.82) is 0 Å². The Bertz CT molecular complexity index is 631. The third-order valence-electron chi connectivity index (χ3n) is 3.13. The molecule has 0 saturated heterocycles. The number of nitrogens with one attached hydrogen (secondary N) is 1. The number of rotatable bonds is 9. The molecule has 0 aliphatic heterocycles. The van der Waals surface area contributed by atoms with E-state index in [1.807, 2.05) is 0 Å². The van der Waals surface area contributed by atoms with E-state index >= 15 is 0 Å². The fourth-order valence-electron chi connectivity index (χ4n) is 1.89. The molecule has 1 amide bonds. The van der Waals surface area contributed by atoms with Gasteiger partial charge in [-0.3, -0.25) is 14.9 Å². The molecule has 0 fully saturated rings. The second-order valence-corrected chi connectivity index (χ2v) is 7.41. The molecule has 0 heterocycles. The summed E-state index contributed by atoms with van der Waals surface area (Å²) in [5.41, 5.74) is -0.0768. The number of esters is 1. The number of thioether (sulfide) groups is 1. The zero-order valence-electron chi connectivity index (χ0n) is 14.9. The van der Waals surface area contributed by atoms with E-state index in [2.05, 4.69) is 19.2 Å². The first kappa shape index (κ1) is 21.0. The average Bonchev–Trinajstić information content (AvgIpc) is 2.51. The molecular weight excluding hydrogens is 344 g/mol. The molecule has 0 atom stereocenters. The first-order valence-corrected chi connectivity index (χ1v) is 9.07. The second kappa shape index (κ2) is 10.0. The first-order chi connectivity index (χ1) is 11.7. The van der Waals surface area contributed by atoms with Gasteiger partial charge in [-0.15, -0.1) is 11.8 Å². The van der Waals surface area contributed by atoms with Gasteiger partial charge in [0.2, 0.25) is 0 Å². The minimum Gasteiger partial charge on any atom is -0.452 e. The molecule has 7 nitrogen and oxygen atoms in total. The van der Waals surface area contributed by atoms with Crippen LogP contribution in [0.15, 0.2) is 23.1 Å². The number of nitrogens with zero attached hydrogens (tertiary/aromatic N) is 1. The maximum Gasteiger partial charge on any atom is 0.338 e. The van der Waals surface area contributed by atoms with E-state index in [0.717, 1.165) is 12.2 Å². The summed E-state index contributed by atoms with van der Waals surface area (Å²) in [6.45, 7) is 7.33. The Morgan fingerprint density at radius 1 is 1.28 bits per heavy atom. The normalized spacial score (nSPS) is 10.8.